The third kappa shape index (κ3) is 3.83. The first-order valence-corrected chi connectivity index (χ1v) is 7.41. The zero-order valence-electron chi connectivity index (χ0n) is 8.41. The minimum absolute atomic E-state index is 0.580. The predicted molar refractivity (Wildman–Crippen MR) is 69.4 cm³/mol. The molecule has 84 valence electrons. The van der Waals surface area contributed by atoms with E-state index in [1.54, 1.807) is 11.3 Å². The lowest BCUT2D eigenvalue weighted by atomic mass is 10.4. The molecule has 15 heavy (non-hydrogen) atoms. The Bertz CT molecular complexity index is 299. The molecule has 3 nitrogen and oxygen atoms in total. The molecule has 0 radical (unpaired) electrons. The van der Waals surface area contributed by atoms with E-state index in [-0.39, 0.29) is 0 Å². The fraction of sp³-hybridized carbons (Fsp3) is 0.667. The summed E-state index contributed by atoms with van der Waals surface area (Å²) < 4.78 is 0. The van der Waals surface area contributed by atoms with Gasteiger partial charge in [0.1, 0.15) is 5.15 Å². The monoisotopic (exact) mass is 263 g/mol. The van der Waals surface area contributed by atoms with Crippen molar-refractivity contribution in [2.45, 2.75) is 0 Å². The average molecular weight is 264 g/mol. The van der Waals surface area contributed by atoms with Crippen LogP contribution in [0.15, 0.2) is 5.38 Å². The summed E-state index contributed by atoms with van der Waals surface area (Å²) >= 11 is 9.34. The lowest BCUT2D eigenvalue weighted by molar-refractivity contribution is 0.314. The molecule has 0 spiro atoms. The largest absolute Gasteiger partial charge is 0.360 e. The van der Waals surface area contributed by atoms with Crippen LogP contribution in [0.2, 0.25) is 5.15 Å². The predicted octanol–water partition coefficient (Wildman–Crippen LogP) is 2.26. The molecular weight excluding hydrogens is 250 g/mol. The van der Waals surface area contributed by atoms with Gasteiger partial charge in [-0.25, -0.2) is 4.98 Å². The Morgan fingerprint density at radius 1 is 1.47 bits per heavy atom. The van der Waals surface area contributed by atoms with Gasteiger partial charge < -0.3 is 5.32 Å². The minimum Gasteiger partial charge on any atom is -0.360 e. The zero-order valence-corrected chi connectivity index (χ0v) is 10.8. The van der Waals surface area contributed by atoms with Gasteiger partial charge in [-0.3, -0.25) is 4.90 Å². The normalized spacial score (nSPS) is 17.9. The summed E-state index contributed by atoms with van der Waals surface area (Å²) in [5.74, 6) is 2.53. The van der Waals surface area contributed by atoms with E-state index < -0.39 is 0 Å². The smallest absolute Gasteiger partial charge is 0.184 e. The summed E-state index contributed by atoms with van der Waals surface area (Å²) in [6.45, 7) is 4.47. The van der Waals surface area contributed by atoms with Crippen LogP contribution in [-0.4, -0.2) is 47.6 Å². The van der Waals surface area contributed by atoms with Crippen LogP contribution in [0.25, 0.3) is 0 Å². The molecule has 1 N–H and O–H groups in total. The molecule has 2 rings (SSSR count). The highest BCUT2D eigenvalue weighted by Crippen LogP contribution is 2.18. The third-order valence-electron chi connectivity index (χ3n) is 2.28. The van der Waals surface area contributed by atoms with Crippen molar-refractivity contribution in [3.8, 4) is 0 Å². The first-order valence-electron chi connectivity index (χ1n) is 4.99. The van der Waals surface area contributed by atoms with Gasteiger partial charge in [-0.15, -0.1) is 11.3 Å². The molecule has 1 aromatic heterocycles. The fourth-order valence-corrected chi connectivity index (χ4v) is 3.33. The van der Waals surface area contributed by atoms with Crippen LogP contribution in [0.5, 0.6) is 0 Å². The van der Waals surface area contributed by atoms with E-state index >= 15 is 0 Å². The van der Waals surface area contributed by atoms with E-state index in [2.05, 4.69) is 15.2 Å². The number of rotatable bonds is 4. The molecule has 0 unspecified atom stereocenters. The highest BCUT2D eigenvalue weighted by molar-refractivity contribution is 7.99. The van der Waals surface area contributed by atoms with Crippen molar-refractivity contribution in [2.24, 2.45) is 0 Å². The third-order valence-corrected chi connectivity index (χ3v) is 4.35. The van der Waals surface area contributed by atoms with Crippen molar-refractivity contribution in [3.63, 3.8) is 0 Å². The van der Waals surface area contributed by atoms with Crippen LogP contribution in [0, 0.1) is 0 Å². The van der Waals surface area contributed by atoms with Gasteiger partial charge >= 0.3 is 0 Å². The molecule has 6 heteroatoms. The fourth-order valence-electron chi connectivity index (χ4n) is 1.48. The first kappa shape index (κ1) is 11.5. The number of hydrogen-bond acceptors (Lipinski definition) is 5. The van der Waals surface area contributed by atoms with Crippen molar-refractivity contribution in [1.82, 2.24) is 9.88 Å². The quantitative estimate of drug-likeness (QED) is 0.902. The topological polar surface area (TPSA) is 28.2 Å². The van der Waals surface area contributed by atoms with E-state index in [4.69, 9.17) is 11.6 Å². The highest BCUT2D eigenvalue weighted by atomic mass is 35.5. The van der Waals surface area contributed by atoms with Crippen molar-refractivity contribution in [1.29, 1.82) is 0 Å². The molecule has 0 aliphatic carbocycles. The van der Waals surface area contributed by atoms with E-state index in [0.717, 1.165) is 18.2 Å². The zero-order chi connectivity index (χ0) is 10.5. The Morgan fingerprint density at radius 2 is 2.27 bits per heavy atom. The van der Waals surface area contributed by atoms with E-state index in [0.29, 0.717) is 5.15 Å². The molecule has 2 heterocycles. The summed E-state index contributed by atoms with van der Waals surface area (Å²) in [6.07, 6.45) is 0. The van der Waals surface area contributed by atoms with Gasteiger partial charge in [0.05, 0.1) is 0 Å². The summed E-state index contributed by atoms with van der Waals surface area (Å²) in [7, 11) is 0. The summed E-state index contributed by atoms with van der Waals surface area (Å²) in [4.78, 5) is 6.63. The van der Waals surface area contributed by atoms with Crippen molar-refractivity contribution in [3.05, 3.63) is 10.5 Å². The lowest BCUT2D eigenvalue weighted by Gasteiger charge is -2.25. The average Bonchev–Trinajstić information content (AvgIpc) is 2.66. The Hall–Kier alpha value is 0.0300. The number of nitrogens with zero attached hydrogens (tertiary/aromatic N) is 2. The molecule has 0 aromatic carbocycles. The summed E-state index contributed by atoms with van der Waals surface area (Å²) in [5.41, 5.74) is 0. The standard InChI is InChI=1S/C9H14ClN3S2/c10-8-7-15-9(12-8)11-1-2-13-3-5-14-6-4-13/h7H,1-6H2,(H,11,12). The number of thiazole rings is 1. The van der Waals surface area contributed by atoms with Crippen LogP contribution in [-0.2, 0) is 0 Å². The number of nitrogens with one attached hydrogen (secondary N) is 1. The Labute approximate surface area is 103 Å². The second kappa shape index (κ2) is 5.94. The van der Waals surface area contributed by atoms with Gasteiger partial charge in [0.15, 0.2) is 5.13 Å². The number of thioether (sulfide) groups is 1. The molecule has 1 fully saturated rings. The minimum atomic E-state index is 0.580. The van der Waals surface area contributed by atoms with Crippen LogP contribution in [0.3, 0.4) is 0 Å². The Kier molecular flexibility index (Phi) is 4.56. The molecule has 1 aliphatic rings. The maximum absolute atomic E-state index is 5.73. The second-order valence-electron chi connectivity index (χ2n) is 3.36. The molecule has 0 amide bonds. The molecule has 1 saturated heterocycles. The SMILES string of the molecule is Clc1csc(NCCN2CCSCC2)n1. The van der Waals surface area contributed by atoms with E-state index in [1.807, 2.05) is 17.1 Å². The Balaban J connectivity index is 1.65. The second-order valence-corrected chi connectivity index (χ2v) is 5.83. The van der Waals surface area contributed by atoms with Gasteiger partial charge in [0.25, 0.3) is 0 Å². The molecular formula is C9H14ClN3S2. The van der Waals surface area contributed by atoms with E-state index in [9.17, 15) is 0 Å². The van der Waals surface area contributed by atoms with Gasteiger partial charge in [0, 0.05) is 43.1 Å². The molecule has 1 aromatic rings. The van der Waals surface area contributed by atoms with Gasteiger partial charge in [-0.1, -0.05) is 11.6 Å². The number of halogens is 1. The van der Waals surface area contributed by atoms with Gasteiger partial charge in [-0.05, 0) is 0 Å². The lowest BCUT2D eigenvalue weighted by Crippen LogP contribution is -2.36. The Morgan fingerprint density at radius 3 is 2.93 bits per heavy atom. The van der Waals surface area contributed by atoms with Crippen molar-refractivity contribution < 1.29 is 0 Å². The number of hydrogen-bond donors (Lipinski definition) is 1. The van der Waals surface area contributed by atoms with Gasteiger partial charge in [-0.2, -0.15) is 11.8 Å². The summed E-state index contributed by atoms with van der Waals surface area (Å²) in [5, 5.41) is 6.64. The molecule has 0 saturated carbocycles. The van der Waals surface area contributed by atoms with E-state index in [1.165, 1.54) is 24.6 Å². The summed E-state index contributed by atoms with van der Waals surface area (Å²) in [6, 6.07) is 0. The van der Waals surface area contributed by atoms with Gasteiger partial charge in [0.2, 0.25) is 0 Å². The van der Waals surface area contributed by atoms with Crippen LogP contribution in [0.1, 0.15) is 0 Å². The maximum Gasteiger partial charge on any atom is 0.184 e. The number of anilines is 1. The van der Waals surface area contributed by atoms with Crippen LogP contribution < -0.4 is 5.32 Å². The number of aromatic nitrogens is 1. The van der Waals surface area contributed by atoms with Crippen molar-refractivity contribution >= 4 is 39.8 Å². The van der Waals surface area contributed by atoms with Crippen molar-refractivity contribution in [2.75, 3.05) is 43.0 Å². The maximum atomic E-state index is 5.73. The molecule has 1 aliphatic heterocycles. The first-order chi connectivity index (χ1) is 7.34. The van der Waals surface area contributed by atoms with Crippen LogP contribution >= 0.6 is 34.7 Å². The molecule has 0 atom stereocenters. The molecule has 0 bridgehead atoms. The van der Waals surface area contributed by atoms with Crippen LogP contribution in [0.4, 0.5) is 5.13 Å². The highest BCUT2D eigenvalue weighted by Gasteiger charge is 2.09.